The molecule has 1 fully saturated rings. The third-order valence-electron chi connectivity index (χ3n) is 4.31. The lowest BCUT2D eigenvalue weighted by molar-refractivity contribution is -0.0172. The Labute approximate surface area is 149 Å². The fourth-order valence-electron chi connectivity index (χ4n) is 2.91. The van der Waals surface area contributed by atoms with Crippen LogP contribution < -0.4 is 16.0 Å². The molecule has 26 heavy (non-hydrogen) atoms. The summed E-state index contributed by atoms with van der Waals surface area (Å²) in [5.74, 6) is -0.00175. The van der Waals surface area contributed by atoms with Gasteiger partial charge in [-0.1, -0.05) is 0 Å². The first-order valence-corrected chi connectivity index (χ1v) is 8.28. The standard InChI is InChI=1S/C17H21N5O4/c1-20-7-6-18-14(17(20)25)21(2)10-12-11-22(8-9-26-12)16(24)13-4-3-5-19-15(13)23/h3-7,12H,8-11H2,1-2H3,(H,19,23). The maximum absolute atomic E-state index is 12.6. The van der Waals surface area contributed by atoms with E-state index < -0.39 is 5.56 Å². The number of likely N-dealkylation sites (N-methyl/N-ethyl adjacent to an activating group) is 1. The average molecular weight is 359 g/mol. The molecular weight excluding hydrogens is 338 g/mol. The van der Waals surface area contributed by atoms with E-state index in [1.54, 1.807) is 42.4 Å². The topological polar surface area (TPSA) is 101 Å². The predicted molar refractivity (Wildman–Crippen MR) is 95.5 cm³/mol. The minimum Gasteiger partial charge on any atom is -0.373 e. The van der Waals surface area contributed by atoms with E-state index in [1.165, 1.54) is 16.8 Å². The summed E-state index contributed by atoms with van der Waals surface area (Å²) in [6.45, 7) is 1.53. The van der Waals surface area contributed by atoms with Crippen LogP contribution in [0.5, 0.6) is 0 Å². The summed E-state index contributed by atoms with van der Waals surface area (Å²) in [4.78, 5) is 46.5. The Bertz CT molecular complexity index is 906. The number of aromatic nitrogens is 3. The molecule has 0 saturated carbocycles. The maximum atomic E-state index is 12.6. The number of aryl methyl sites for hydroxylation is 1. The Morgan fingerprint density at radius 2 is 2.27 bits per heavy atom. The van der Waals surface area contributed by atoms with Gasteiger partial charge in [-0.05, 0) is 12.1 Å². The van der Waals surface area contributed by atoms with Crippen molar-refractivity contribution in [1.82, 2.24) is 19.4 Å². The number of anilines is 1. The number of aromatic amines is 1. The highest BCUT2D eigenvalue weighted by Crippen LogP contribution is 2.11. The first kappa shape index (κ1) is 17.9. The van der Waals surface area contributed by atoms with Gasteiger partial charge in [0.2, 0.25) is 0 Å². The van der Waals surface area contributed by atoms with Crippen LogP contribution in [0.2, 0.25) is 0 Å². The fourth-order valence-corrected chi connectivity index (χ4v) is 2.91. The number of nitrogens with one attached hydrogen (secondary N) is 1. The highest BCUT2D eigenvalue weighted by Gasteiger charge is 2.27. The number of hydrogen-bond donors (Lipinski definition) is 1. The van der Waals surface area contributed by atoms with E-state index in [1.807, 2.05) is 0 Å². The molecule has 9 heteroatoms. The quantitative estimate of drug-likeness (QED) is 0.786. The molecular formula is C17H21N5O4. The number of hydrogen-bond acceptors (Lipinski definition) is 6. The van der Waals surface area contributed by atoms with Crippen LogP contribution in [0.3, 0.4) is 0 Å². The predicted octanol–water partition coefficient (Wildman–Crippen LogP) is -0.554. The van der Waals surface area contributed by atoms with E-state index in [4.69, 9.17) is 4.74 Å². The summed E-state index contributed by atoms with van der Waals surface area (Å²) >= 11 is 0. The Balaban J connectivity index is 1.70. The van der Waals surface area contributed by atoms with Crippen molar-refractivity contribution >= 4 is 11.7 Å². The lowest BCUT2D eigenvalue weighted by Gasteiger charge is -2.34. The van der Waals surface area contributed by atoms with Gasteiger partial charge in [0.05, 0.1) is 12.7 Å². The van der Waals surface area contributed by atoms with Gasteiger partial charge < -0.3 is 24.1 Å². The molecule has 1 saturated heterocycles. The van der Waals surface area contributed by atoms with E-state index in [2.05, 4.69) is 9.97 Å². The van der Waals surface area contributed by atoms with E-state index in [9.17, 15) is 14.4 Å². The zero-order chi connectivity index (χ0) is 18.7. The van der Waals surface area contributed by atoms with Crippen molar-refractivity contribution in [2.24, 2.45) is 7.05 Å². The van der Waals surface area contributed by atoms with Gasteiger partial charge >= 0.3 is 0 Å². The number of carbonyl (C=O) groups is 1. The van der Waals surface area contributed by atoms with Crippen LogP contribution in [0, 0.1) is 0 Å². The second-order valence-electron chi connectivity index (χ2n) is 6.20. The Kier molecular flexibility index (Phi) is 5.17. The molecule has 1 N–H and O–H groups in total. The van der Waals surface area contributed by atoms with Gasteiger partial charge in [-0.3, -0.25) is 14.4 Å². The number of morpholine rings is 1. The van der Waals surface area contributed by atoms with E-state index in [-0.39, 0.29) is 23.1 Å². The smallest absolute Gasteiger partial charge is 0.293 e. The Morgan fingerprint density at radius 1 is 1.46 bits per heavy atom. The van der Waals surface area contributed by atoms with E-state index in [0.717, 1.165) is 0 Å². The van der Waals surface area contributed by atoms with Crippen molar-refractivity contribution in [3.05, 3.63) is 57.0 Å². The highest BCUT2D eigenvalue weighted by molar-refractivity contribution is 5.93. The molecule has 0 aliphatic carbocycles. The minimum absolute atomic E-state index is 0.111. The molecule has 0 aromatic carbocycles. The Hall–Kier alpha value is -2.94. The lowest BCUT2D eigenvalue weighted by atomic mass is 10.2. The van der Waals surface area contributed by atoms with Gasteiger partial charge in [0, 0.05) is 52.3 Å². The molecule has 1 aliphatic rings. The number of amides is 1. The van der Waals surface area contributed by atoms with Gasteiger partial charge in [-0.25, -0.2) is 4.98 Å². The normalized spacial score (nSPS) is 17.2. The largest absolute Gasteiger partial charge is 0.373 e. The van der Waals surface area contributed by atoms with Crippen molar-refractivity contribution in [2.45, 2.75) is 6.10 Å². The monoisotopic (exact) mass is 359 g/mol. The summed E-state index contributed by atoms with van der Waals surface area (Å²) < 4.78 is 7.19. The molecule has 9 nitrogen and oxygen atoms in total. The highest BCUT2D eigenvalue weighted by atomic mass is 16.5. The minimum atomic E-state index is -0.408. The first-order chi connectivity index (χ1) is 12.5. The van der Waals surface area contributed by atoms with Crippen LogP contribution in [0.15, 0.2) is 40.3 Å². The molecule has 1 aliphatic heterocycles. The SMILES string of the molecule is CN(CC1CN(C(=O)c2ccc[nH]c2=O)CCO1)c1nccn(C)c1=O. The second-order valence-corrected chi connectivity index (χ2v) is 6.20. The summed E-state index contributed by atoms with van der Waals surface area (Å²) in [6.07, 6.45) is 4.36. The number of pyridine rings is 1. The molecule has 0 radical (unpaired) electrons. The second kappa shape index (κ2) is 7.52. The zero-order valence-electron chi connectivity index (χ0n) is 14.7. The van der Waals surface area contributed by atoms with Crippen molar-refractivity contribution in [2.75, 3.05) is 38.2 Å². The summed E-state index contributed by atoms with van der Waals surface area (Å²) in [7, 11) is 3.42. The summed E-state index contributed by atoms with van der Waals surface area (Å²) in [6, 6.07) is 3.13. The number of rotatable bonds is 4. The molecule has 3 heterocycles. The third-order valence-corrected chi connectivity index (χ3v) is 4.31. The molecule has 0 bridgehead atoms. The molecule has 0 spiro atoms. The van der Waals surface area contributed by atoms with E-state index in [0.29, 0.717) is 32.1 Å². The molecule has 2 aromatic rings. The first-order valence-electron chi connectivity index (χ1n) is 8.28. The van der Waals surface area contributed by atoms with Crippen molar-refractivity contribution in [1.29, 1.82) is 0 Å². The van der Waals surface area contributed by atoms with Gasteiger partial charge in [-0.2, -0.15) is 0 Å². The molecule has 1 amide bonds. The maximum Gasteiger partial charge on any atom is 0.293 e. The van der Waals surface area contributed by atoms with Crippen LogP contribution >= 0.6 is 0 Å². The van der Waals surface area contributed by atoms with Gasteiger partial charge in [0.1, 0.15) is 5.56 Å². The average Bonchev–Trinajstić information content (AvgIpc) is 2.64. The number of nitrogens with zero attached hydrogens (tertiary/aromatic N) is 4. The van der Waals surface area contributed by atoms with Gasteiger partial charge in [-0.15, -0.1) is 0 Å². The number of H-pyrrole nitrogens is 1. The summed E-state index contributed by atoms with van der Waals surface area (Å²) in [5, 5.41) is 0. The molecule has 1 unspecified atom stereocenters. The van der Waals surface area contributed by atoms with Crippen LogP contribution in [0.4, 0.5) is 5.82 Å². The third kappa shape index (κ3) is 3.67. The van der Waals surface area contributed by atoms with Gasteiger partial charge in [0.15, 0.2) is 5.82 Å². The Morgan fingerprint density at radius 3 is 3.04 bits per heavy atom. The van der Waals surface area contributed by atoms with Crippen molar-refractivity contribution in [3.63, 3.8) is 0 Å². The van der Waals surface area contributed by atoms with Crippen LogP contribution in [-0.2, 0) is 11.8 Å². The fraction of sp³-hybridized carbons (Fsp3) is 0.412. The number of ether oxygens (including phenoxy) is 1. The van der Waals surface area contributed by atoms with Gasteiger partial charge in [0.25, 0.3) is 17.0 Å². The zero-order valence-corrected chi connectivity index (χ0v) is 14.7. The van der Waals surface area contributed by atoms with Crippen LogP contribution in [0.25, 0.3) is 0 Å². The summed E-state index contributed by atoms with van der Waals surface area (Å²) in [5.41, 5.74) is -0.496. The number of carbonyl (C=O) groups excluding carboxylic acids is 1. The van der Waals surface area contributed by atoms with E-state index >= 15 is 0 Å². The van der Waals surface area contributed by atoms with Crippen molar-refractivity contribution in [3.8, 4) is 0 Å². The molecule has 2 aromatic heterocycles. The molecule has 138 valence electrons. The van der Waals surface area contributed by atoms with Crippen LogP contribution in [0.1, 0.15) is 10.4 Å². The van der Waals surface area contributed by atoms with Crippen LogP contribution in [-0.4, -0.2) is 64.7 Å². The van der Waals surface area contributed by atoms with Crippen molar-refractivity contribution < 1.29 is 9.53 Å². The molecule has 1 atom stereocenters. The molecule has 3 rings (SSSR count). The lowest BCUT2D eigenvalue weighted by Crippen LogP contribution is -2.50.